The quantitative estimate of drug-likeness (QED) is 0.569. The topological polar surface area (TPSA) is 6.48 Å². The van der Waals surface area contributed by atoms with Crippen molar-refractivity contribution in [1.29, 1.82) is 0 Å². The van der Waals surface area contributed by atoms with Gasteiger partial charge in [0, 0.05) is 32.2 Å². The standard InChI is InChI=1S/C26H27FN2/c1-19-12-13-24(27)25(14-19)28-17-22-23(18-28)26(22)29(15-20-8-4-2-5-9-20)16-21-10-6-3-7-11-21/h2-14,22-23,26H,15-18H2,1H3/t22-,23?,26?/m0/s1. The summed E-state index contributed by atoms with van der Waals surface area (Å²) in [4.78, 5) is 4.88. The van der Waals surface area contributed by atoms with Gasteiger partial charge in [-0.2, -0.15) is 0 Å². The van der Waals surface area contributed by atoms with E-state index in [-0.39, 0.29) is 5.82 Å². The van der Waals surface area contributed by atoms with E-state index in [0.29, 0.717) is 17.9 Å². The molecule has 3 heteroatoms. The van der Waals surface area contributed by atoms with Gasteiger partial charge in [0.05, 0.1) is 5.69 Å². The fraction of sp³-hybridized carbons (Fsp3) is 0.308. The van der Waals surface area contributed by atoms with Gasteiger partial charge >= 0.3 is 0 Å². The molecule has 0 N–H and O–H groups in total. The second-order valence-electron chi connectivity index (χ2n) is 8.55. The zero-order valence-corrected chi connectivity index (χ0v) is 16.8. The van der Waals surface area contributed by atoms with E-state index >= 15 is 0 Å². The predicted molar refractivity (Wildman–Crippen MR) is 116 cm³/mol. The Morgan fingerprint density at radius 3 is 1.93 bits per heavy atom. The Bertz CT molecular complexity index is 919. The molecule has 0 spiro atoms. The van der Waals surface area contributed by atoms with Crippen LogP contribution in [0.3, 0.4) is 0 Å². The van der Waals surface area contributed by atoms with Crippen LogP contribution in [0.4, 0.5) is 10.1 Å². The van der Waals surface area contributed by atoms with Gasteiger partial charge in [-0.25, -0.2) is 4.39 Å². The number of fused-ring (bicyclic) bond motifs is 1. The smallest absolute Gasteiger partial charge is 0.146 e. The Kier molecular flexibility index (Phi) is 4.84. The molecule has 1 saturated heterocycles. The molecule has 1 heterocycles. The third-order valence-corrected chi connectivity index (χ3v) is 6.47. The highest BCUT2D eigenvalue weighted by atomic mass is 19.1. The van der Waals surface area contributed by atoms with Crippen molar-refractivity contribution in [2.24, 2.45) is 11.8 Å². The number of hydrogen-bond donors (Lipinski definition) is 0. The number of anilines is 1. The van der Waals surface area contributed by atoms with Crippen molar-refractivity contribution in [1.82, 2.24) is 4.90 Å². The van der Waals surface area contributed by atoms with E-state index in [0.717, 1.165) is 37.4 Å². The van der Waals surface area contributed by atoms with Crippen LogP contribution in [0, 0.1) is 24.6 Å². The highest BCUT2D eigenvalue weighted by Gasteiger charge is 2.58. The lowest BCUT2D eigenvalue weighted by Gasteiger charge is -2.29. The van der Waals surface area contributed by atoms with Crippen molar-refractivity contribution >= 4 is 5.69 Å². The molecule has 0 bridgehead atoms. The van der Waals surface area contributed by atoms with Gasteiger partial charge < -0.3 is 4.90 Å². The molecule has 0 aromatic heterocycles. The van der Waals surface area contributed by atoms with Crippen molar-refractivity contribution in [2.45, 2.75) is 26.1 Å². The van der Waals surface area contributed by atoms with Crippen molar-refractivity contribution in [3.63, 3.8) is 0 Å². The molecule has 3 atom stereocenters. The fourth-order valence-electron chi connectivity index (χ4n) is 5.00. The van der Waals surface area contributed by atoms with Crippen LogP contribution in [0.15, 0.2) is 78.9 Å². The van der Waals surface area contributed by atoms with E-state index in [1.807, 2.05) is 19.1 Å². The van der Waals surface area contributed by atoms with Gasteiger partial charge in [0.25, 0.3) is 0 Å². The van der Waals surface area contributed by atoms with Crippen LogP contribution in [0.2, 0.25) is 0 Å². The largest absolute Gasteiger partial charge is 0.368 e. The molecule has 0 radical (unpaired) electrons. The van der Waals surface area contributed by atoms with E-state index in [1.54, 1.807) is 6.07 Å². The summed E-state index contributed by atoms with van der Waals surface area (Å²) >= 11 is 0. The first-order valence-corrected chi connectivity index (χ1v) is 10.5. The van der Waals surface area contributed by atoms with Gasteiger partial charge in [-0.1, -0.05) is 66.7 Å². The number of hydrogen-bond acceptors (Lipinski definition) is 2. The third-order valence-electron chi connectivity index (χ3n) is 6.47. The molecule has 3 aromatic carbocycles. The van der Waals surface area contributed by atoms with Crippen LogP contribution < -0.4 is 4.90 Å². The molecule has 1 saturated carbocycles. The van der Waals surface area contributed by atoms with E-state index in [4.69, 9.17) is 0 Å². The summed E-state index contributed by atoms with van der Waals surface area (Å²) in [5, 5.41) is 0. The number of nitrogens with zero attached hydrogens (tertiary/aromatic N) is 2. The number of aryl methyl sites for hydroxylation is 1. The summed E-state index contributed by atoms with van der Waals surface area (Å²) in [7, 11) is 0. The summed E-state index contributed by atoms with van der Waals surface area (Å²) in [5.41, 5.74) is 4.60. The Morgan fingerprint density at radius 1 is 0.828 bits per heavy atom. The van der Waals surface area contributed by atoms with E-state index < -0.39 is 0 Å². The molecule has 2 aliphatic rings. The zero-order chi connectivity index (χ0) is 19.8. The third kappa shape index (κ3) is 3.79. The second kappa shape index (κ2) is 7.64. The van der Waals surface area contributed by atoms with Crippen molar-refractivity contribution in [3.05, 3.63) is 101 Å². The second-order valence-corrected chi connectivity index (χ2v) is 8.55. The SMILES string of the molecule is Cc1ccc(F)c(N2CC3C(N(Cc4ccccc4)Cc4ccccc4)[C@H]3C2)c1. The monoisotopic (exact) mass is 386 g/mol. The summed E-state index contributed by atoms with van der Waals surface area (Å²) in [6, 6.07) is 27.5. The first-order chi connectivity index (χ1) is 14.2. The zero-order valence-electron chi connectivity index (χ0n) is 16.8. The molecular weight excluding hydrogens is 359 g/mol. The van der Waals surface area contributed by atoms with Gasteiger partial charge in [-0.05, 0) is 47.6 Å². The highest BCUT2D eigenvalue weighted by molar-refractivity contribution is 5.52. The first kappa shape index (κ1) is 18.4. The molecule has 2 unspecified atom stereocenters. The molecule has 2 fully saturated rings. The lowest BCUT2D eigenvalue weighted by Crippen LogP contribution is -2.34. The summed E-state index contributed by atoms with van der Waals surface area (Å²) in [5.74, 6) is 1.16. The van der Waals surface area contributed by atoms with Gasteiger partial charge in [0.1, 0.15) is 5.82 Å². The van der Waals surface area contributed by atoms with Gasteiger partial charge in [0.2, 0.25) is 0 Å². The number of rotatable bonds is 6. The van der Waals surface area contributed by atoms with Gasteiger partial charge in [0.15, 0.2) is 0 Å². The van der Waals surface area contributed by atoms with Crippen LogP contribution >= 0.6 is 0 Å². The van der Waals surface area contributed by atoms with Crippen LogP contribution in [-0.4, -0.2) is 24.0 Å². The molecule has 0 amide bonds. The molecule has 3 aromatic rings. The molecule has 148 valence electrons. The minimum Gasteiger partial charge on any atom is -0.368 e. The van der Waals surface area contributed by atoms with Crippen molar-refractivity contribution in [2.75, 3.05) is 18.0 Å². The van der Waals surface area contributed by atoms with Crippen LogP contribution in [0.5, 0.6) is 0 Å². The summed E-state index contributed by atoms with van der Waals surface area (Å²) < 4.78 is 14.3. The van der Waals surface area contributed by atoms with Crippen LogP contribution in [-0.2, 0) is 13.1 Å². The Labute approximate surface area is 172 Å². The number of benzene rings is 3. The first-order valence-electron chi connectivity index (χ1n) is 10.5. The van der Waals surface area contributed by atoms with Crippen molar-refractivity contribution < 1.29 is 4.39 Å². The minimum atomic E-state index is -0.0983. The normalized spacial score (nSPS) is 22.7. The van der Waals surface area contributed by atoms with E-state index in [1.165, 1.54) is 11.1 Å². The summed E-state index contributed by atoms with van der Waals surface area (Å²) in [6.45, 7) is 5.87. The molecular formula is C26H27FN2. The van der Waals surface area contributed by atoms with E-state index in [9.17, 15) is 4.39 Å². The lowest BCUT2D eigenvalue weighted by atomic mass is 10.1. The predicted octanol–water partition coefficient (Wildman–Crippen LogP) is 5.27. The lowest BCUT2D eigenvalue weighted by molar-refractivity contribution is 0.222. The minimum absolute atomic E-state index is 0.0983. The van der Waals surface area contributed by atoms with E-state index in [2.05, 4.69) is 70.5 Å². The Hall–Kier alpha value is -2.65. The number of piperidine rings is 1. The van der Waals surface area contributed by atoms with Gasteiger partial charge in [-0.15, -0.1) is 0 Å². The summed E-state index contributed by atoms with van der Waals surface area (Å²) in [6.07, 6.45) is 0. The average molecular weight is 387 g/mol. The maximum atomic E-state index is 14.3. The Balaban J connectivity index is 1.32. The van der Waals surface area contributed by atoms with Crippen LogP contribution in [0.25, 0.3) is 0 Å². The van der Waals surface area contributed by atoms with Crippen molar-refractivity contribution in [3.8, 4) is 0 Å². The Morgan fingerprint density at radius 2 is 1.38 bits per heavy atom. The molecule has 1 aliphatic heterocycles. The molecule has 2 nitrogen and oxygen atoms in total. The fourth-order valence-corrected chi connectivity index (χ4v) is 5.00. The molecule has 5 rings (SSSR count). The average Bonchev–Trinajstić information content (AvgIpc) is 3.24. The maximum absolute atomic E-state index is 14.3. The number of halogens is 1. The molecule has 29 heavy (non-hydrogen) atoms. The highest BCUT2D eigenvalue weighted by Crippen LogP contribution is 2.51. The van der Waals surface area contributed by atoms with Crippen LogP contribution in [0.1, 0.15) is 16.7 Å². The maximum Gasteiger partial charge on any atom is 0.146 e. The van der Waals surface area contributed by atoms with Gasteiger partial charge in [-0.3, -0.25) is 4.90 Å². The molecule has 1 aliphatic carbocycles.